The Morgan fingerprint density at radius 2 is 1.41 bits per heavy atom. The Kier molecular flexibility index (Phi) is 7.69. The van der Waals surface area contributed by atoms with Crippen molar-refractivity contribution < 1.29 is 14.3 Å². The van der Waals surface area contributed by atoms with E-state index in [9.17, 15) is 9.59 Å². The lowest BCUT2D eigenvalue weighted by molar-refractivity contribution is 0.0141. The number of rotatable bonds is 5. The van der Waals surface area contributed by atoms with Crippen LogP contribution in [0.1, 0.15) is 64.4 Å². The summed E-state index contributed by atoms with van der Waals surface area (Å²) in [5.74, 6) is 0.0185. The lowest BCUT2D eigenvalue weighted by atomic mass is 10.1. The lowest BCUT2D eigenvalue weighted by Crippen LogP contribution is -2.51. The Bertz CT molecular complexity index is 676. The molecule has 0 aliphatic carbocycles. The molecule has 0 saturated carbocycles. The van der Waals surface area contributed by atoms with Gasteiger partial charge in [-0.1, -0.05) is 12.1 Å². The van der Waals surface area contributed by atoms with E-state index in [4.69, 9.17) is 4.74 Å². The van der Waals surface area contributed by atoms with E-state index in [0.717, 1.165) is 6.54 Å². The summed E-state index contributed by atoms with van der Waals surface area (Å²) in [4.78, 5) is 30.9. The van der Waals surface area contributed by atoms with Gasteiger partial charge in [0.25, 0.3) is 5.91 Å². The maximum atomic E-state index is 12.8. The third-order valence-electron chi connectivity index (χ3n) is 5.11. The summed E-state index contributed by atoms with van der Waals surface area (Å²) in [5, 5.41) is 0. The third kappa shape index (κ3) is 6.74. The Labute approximate surface area is 175 Å². The average Bonchev–Trinajstić information content (AvgIpc) is 2.64. The minimum Gasteiger partial charge on any atom is -0.444 e. The highest BCUT2D eigenvalue weighted by Crippen LogP contribution is 2.16. The van der Waals surface area contributed by atoms with Crippen molar-refractivity contribution in [3.8, 4) is 0 Å². The molecule has 0 radical (unpaired) electrons. The van der Waals surface area contributed by atoms with E-state index >= 15 is 0 Å². The van der Waals surface area contributed by atoms with Crippen LogP contribution in [0.4, 0.5) is 4.79 Å². The molecule has 1 aromatic carbocycles. The zero-order valence-electron chi connectivity index (χ0n) is 19.1. The highest BCUT2D eigenvalue weighted by Gasteiger charge is 2.28. The van der Waals surface area contributed by atoms with Crippen molar-refractivity contribution in [1.29, 1.82) is 0 Å². The van der Waals surface area contributed by atoms with Crippen LogP contribution in [0.25, 0.3) is 0 Å². The SMILES string of the molecule is CC(C)N(Cc1ccc(C(=O)N2CCN(C(=O)OC(C)(C)C)CC2)cc1)C(C)C. The van der Waals surface area contributed by atoms with Crippen molar-refractivity contribution in [2.75, 3.05) is 26.2 Å². The molecule has 6 nitrogen and oxygen atoms in total. The molecule has 2 rings (SSSR count). The number of carbonyl (C=O) groups is 2. The molecule has 1 aliphatic rings. The van der Waals surface area contributed by atoms with Crippen LogP contribution in [0, 0.1) is 0 Å². The molecule has 0 atom stereocenters. The molecule has 1 aliphatic heterocycles. The molecule has 0 bridgehead atoms. The van der Waals surface area contributed by atoms with Gasteiger partial charge >= 0.3 is 6.09 Å². The number of ether oxygens (including phenoxy) is 1. The standard InChI is InChI=1S/C23H37N3O3/c1-17(2)26(18(3)4)16-19-8-10-20(11-9-19)21(27)24-12-14-25(15-13-24)22(28)29-23(5,6)7/h8-11,17-18H,12-16H2,1-7H3. The predicted molar refractivity (Wildman–Crippen MR) is 116 cm³/mol. The average molecular weight is 404 g/mol. The van der Waals surface area contributed by atoms with E-state index < -0.39 is 5.60 Å². The first-order chi connectivity index (χ1) is 13.5. The largest absolute Gasteiger partial charge is 0.444 e. The number of piperazine rings is 1. The normalized spacial score (nSPS) is 15.4. The van der Waals surface area contributed by atoms with Crippen LogP contribution < -0.4 is 0 Å². The minimum absolute atomic E-state index is 0.0185. The second-order valence-electron chi connectivity index (χ2n) is 9.32. The van der Waals surface area contributed by atoms with Crippen molar-refractivity contribution in [2.24, 2.45) is 0 Å². The Morgan fingerprint density at radius 3 is 1.86 bits per heavy atom. The van der Waals surface area contributed by atoms with Crippen molar-refractivity contribution in [3.63, 3.8) is 0 Å². The summed E-state index contributed by atoms with van der Waals surface area (Å²) in [5.41, 5.74) is 1.39. The summed E-state index contributed by atoms with van der Waals surface area (Å²) in [6.45, 7) is 17.3. The molecule has 1 saturated heterocycles. The van der Waals surface area contributed by atoms with E-state index in [2.05, 4.69) is 32.6 Å². The molecule has 1 aromatic rings. The fraction of sp³-hybridized carbons (Fsp3) is 0.652. The molecule has 162 valence electrons. The quantitative estimate of drug-likeness (QED) is 0.746. The highest BCUT2D eigenvalue weighted by molar-refractivity contribution is 5.94. The van der Waals surface area contributed by atoms with Crippen LogP contribution >= 0.6 is 0 Å². The number of carbonyl (C=O) groups excluding carboxylic acids is 2. The molecule has 0 N–H and O–H groups in total. The van der Waals surface area contributed by atoms with E-state index in [0.29, 0.717) is 43.8 Å². The van der Waals surface area contributed by atoms with Crippen molar-refractivity contribution in [1.82, 2.24) is 14.7 Å². The summed E-state index contributed by atoms with van der Waals surface area (Å²) in [6, 6.07) is 8.85. The molecule has 29 heavy (non-hydrogen) atoms. The summed E-state index contributed by atoms with van der Waals surface area (Å²) in [6.07, 6.45) is -0.311. The molecular formula is C23H37N3O3. The summed E-state index contributed by atoms with van der Waals surface area (Å²) >= 11 is 0. The third-order valence-corrected chi connectivity index (χ3v) is 5.11. The van der Waals surface area contributed by atoms with Gasteiger partial charge in [0.2, 0.25) is 0 Å². The minimum atomic E-state index is -0.507. The van der Waals surface area contributed by atoms with Crippen LogP contribution in [0.15, 0.2) is 24.3 Å². The van der Waals surface area contributed by atoms with Gasteiger partial charge in [0.15, 0.2) is 0 Å². The number of amides is 2. The zero-order chi connectivity index (χ0) is 21.8. The molecule has 6 heteroatoms. The predicted octanol–water partition coefficient (Wildman–Crippen LogP) is 4.00. The van der Waals surface area contributed by atoms with Gasteiger partial charge in [-0.15, -0.1) is 0 Å². The first kappa shape index (κ1) is 23.2. The van der Waals surface area contributed by atoms with Crippen LogP contribution in [-0.4, -0.2) is 70.6 Å². The molecule has 0 aromatic heterocycles. The van der Waals surface area contributed by atoms with Crippen LogP contribution in [0.5, 0.6) is 0 Å². The molecule has 2 amide bonds. The van der Waals surface area contributed by atoms with Crippen LogP contribution in [0.3, 0.4) is 0 Å². The van der Waals surface area contributed by atoms with Gasteiger partial charge in [-0.3, -0.25) is 9.69 Å². The first-order valence-corrected chi connectivity index (χ1v) is 10.6. The van der Waals surface area contributed by atoms with Gasteiger partial charge in [-0.05, 0) is 66.2 Å². The van der Waals surface area contributed by atoms with Gasteiger partial charge in [0, 0.05) is 50.4 Å². The second kappa shape index (κ2) is 9.61. The Morgan fingerprint density at radius 1 is 0.931 bits per heavy atom. The van der Waals surface area contributed by atoms with E-state index in [-0.39, 0.29) is 12.0 Å². The van der Waals surface area contributed by atoms with Gasteiger partial charge in [0.1, 0.15) is 5.60 Å². The first-order valence-electron chi connectivity index (χ1n) is 10.6. The highest BCUT2D eigenvalue weighted by atomic mass is 16.6. The number of benzene rings is 1. The van der Waals surface area contributed by atoms with E-state index in [1.807, 2.05) is 49.9 Å². The zero-order valence-corrected chi connectivity index (χ0v) is 19.1. The van der Waals surface area contributed by atoms with Crippen LogP contribution in [0.2, 0.25) is 0 Å². The lowest BCUT2D eigenvalue weighted by Gasteiger charge is -2.35. The summed E-state index contributed by atoms with van der Waals surface area (Å²) < 4.78 is 5.42. The smallest absolute Gasteiger partial charge is 0.410 e. The van der Waals surface area contributed by atoms with Gasteiger partial charge in [-0.25, -0.2) is 4.79 Å². The molecule has 1 heterocycles. The fourth-order valence-corrected chi connectivity index (χ4v) is 3.53. The topological polar surface area (TPSA) is 53.1 Å². The number of hydrogen-bond donors (Lipinski definition) is 0. The maximum absolute atomic E-state index is 12.8. The van der Waals surface area contributed by atoms with Crippen molar-refractivity contribution in [2.45, 2.75) is 72.7 Å². The number of hydrogen-bond acceptors (Lipinski definition) is 4. The van der Waals surface area contributed by atoms with Gasteiger partial charge in [-0.2, -0.15) is 0 Å². The number of nitrogens with zero attached hydrogens (tertiary/aromatic N) is 3. The Balaban J connectivity index is 1.92. The fourth-order valence-electron chi connectivity index (χ4n) is 3.53. The molecule has 1 fully saturated rings. The van der Waals surface area contributed by atoms with E-state index in [1.165, 1.54) is 5.56 Å². The van der Waals surface area contributed by atoms with Crippen molar-refractivity contribution in [3.05, 3.63) is 35.4 Å². The monoisotopic (exact) mass is 403 g/mol. The second-order valence-corrected chi connectivity index (χ2v) is 9.32. The molecular weight excluding hydrogens is 366 g/mol. The molecule has 0 spiro atoms. The van der Waals surface area contributed by atoms with Crippen molar-refractivity contribution >= 4 is 12.0 Å². The van der Waals surface area contributed by atoms with Gasteiger partial charge in [0.05, 0.1) is 0 Å². The molecule has 0 unspecified atom stereocenters. The van der Waals surface area contributed by atoms with Crippen LogP contribution in [-0.2, 0) is 11.3 Å². The maximum Gasteiger partial charge on any atom is 0.410 e. The Hall–Kier alpha value is -2.08. The van der Waals surface area contributed by atoms with Gasteiger partial charge < -0.3 is 14.5 Å². The van der Waals surface area contributed by atoms with E-state index in [1.54, 1.807) is 4.90 Å². The summed E-state index contributed by atoms with van der Waals surface area (Å²) in [7, 11) is 0.